The zero-order valence-electron chi connectivity index (χ0n) is 11.9. The zero-order valence-corrected chi connectivity index (χ0v) is 12.7. The molecule has 1 aromatic carbocycles. The van der Waals surface area contributed by atoms with E-state index in [0.717, 1.165) is 25.8 Å². The minimum Gasteiger partial charge on any atom is -0.356 e. The number of benzene rings is 1. The van der Waals surface area contributed by atoms with E-state index in [1.807, 2.05) is 0 Å². The Balaban J connectivity index is 2.25. The Morgan fingerprint density at radius 2 is 2.00 bits per heavy atom. The Bertz CT molecular complexity index is 375. The molecule has 1 unspecified atom stereocenters. The fraction of sp³-hybridized carbons (Fsp3) is 0.562. The van der Waals surface area contributed by atoms with Crippen LogP contribution >= 0.6 is 11.6 Å². The summed E-state index contributed by atoms with van der Waals surface area (Å²) in [5, 5.41) is 3.00. The van der Waals surface area contributed by atoms with Crippen LogP contribution in [0.3, 0.4) is 0 Å². The fourth-order valence-corrected chi connectivity index (χ4v) is 2.27. The highest BCUT2D eigenvalue weighted by Gasteiger charge is 2.08. The first-order chi connectivity index (χ1) is 9.15. The molecule has 1 N–H and O–H groups in total. The van der Waals surface area contributed by atoms with E-state index in [1.54, 1.807) is 0 Å². The van der Waals surface area contributed by atoms with Crippen LogP contribution in [0.1, 0.15) is 37.3 Å². The second-order valence-corrected chi connectivity index (χ2v) is 5.42. The van der Waals surface area contributed by atoms with E-state index in [0.29, 0.717) is 18.2 Å². The van der Waals surface area contributed by atoms with Crippen molar-refractivity contribution in [1.29, 1.82) is 0 Å². The lowest BCUT2D eigenvalue weighted by molar-refractivity contribution is -0.121. The first-order valence-electron chi connectivity index (χ1n) is 7.04. The third-order valence-corrected chi connectivity index (χ3v) is 3.66. The van der Waals surface area contributed by atoms with Crippen molar-refractivity contribution in [2.24, 2.45) is 5.92 Å². The molecule has 0 saturated heterocycles. The van der Waals surface area contributed by atoms with Crippen LogP contribution in [0.15, 0.2) is 24.3 Å². The zero-order chi connectivity index (χ0) is 14.1. The summed E-state index contributed by atoms with van der Waals surface area (Å²) in [6.07, 6.45) is 3.39. The molecule has 1 rings (SSSR count). The van der Waals surface area contributed by atoms with Gasteiger partial charge in [0.15, 0.2) is 0 Å². The van der Waals surface area contributed by atoms with Crippen molar-refractivity contribution >= 4 is 17.5 Å². The molecular weight excluding hydrogens is 258 g/mol. The van der Waals surface area contributed by atoms with Gasteiger partial charge in [0.2, 0.25) is 5.91 Å². The van der Waals surface area contributed by atoms with Crippen molar-refractivity contribution in [3.8, 4) is 0 Å². The second-order valence-electron chi connectivity index (χ2n) is 5.04. The largest absolute Gasteiger partial charge is 0.356 e. The first kappa shape index (κ1) is 16.0. The highest BCUT2D eigenvalue weighted by atomic mass is 35.5. The lowest BCUT2D eigenvalue weighted by atomic mass is 10.0. The number of alkyl halides is 1. The Labute approximate surface area is 121 Å². The Morgan fingerprint density at radius 1 is 1.32 bits per heavy atom. The van der Waals surface area contributed by atoms with Gasteiger partial charge in [0.1, 0.15) is 0 Å². The number of carbonyl (C=O) groups excluding carboxylic acids is 1. The van der Waals surface area contributed by atoms with Crippen molar-refractivity contribution in [2.45, 2.75) is 39.5 Å². The van der Waals surface area contributed by atoms with E-state index in [1.165, 1.54) is 11.1 Å². The second kappa shape index (κ2) is 8.98. The van der Waals surface area contributed by atoms with Gasteiger partial charge in [-0.3, -0.25) is 4.79 Å². The molecule has 0 aromatic heterocycles. The summed E-state index contributed by atoms with van der Waals surface area (Å²) < 4.78 is 0. The van der Waals surface area contributed by atoms with E-state index < -0.39 is 0 Å². The molecule has 0 radical (unpaired) electrons. The molecule has 1 aromatic rings. The molecule has 1 atom stereocenters. The molecule has 0 heterocycles. The van der Waals surface area contributed by atoms with Gasteiger partial charge in [-0.25, -0.2) is 0 Å². The molecule has 3 heteroatoms. The van der Waals surface area contributed by atoms with E-state index in [2.05, 4.69) is 43.4 Å². The minimum atomic E-state index is 0.133. The Morgan fingerprint density at radius 3 is 2.58 bits per heavy atom. The van der Waals surface area contributed by atoms with Crippen LogP contribution in [0.4, 0.5) is 0 Å². The van der Waals surface area contributed by atoms with E-state index in [4.69, 9.17) is 11.6 Å². The number of hydrogen-bond acceptors (Lipinski definition) is 1. The van der Waals surface area contributed by atoms with Gasteiger partial charge in [-0.15, -0.1) is 11.6 Å². The third kappa shape index (κ3) is 6.63. The summed E-state index contributed by atoms with van der Waals surface area (Å²) in [7, 11) is 0. The standard InChI is InChI=1S/C16H24ClNO/c1-3-14(10-11-17)12-18-16(19)9-8-15-6-4-13(2)5-7-15/h4-7,14H,3,8-12H2,1-2H3,(H,18,19). The molecule has 0 fully saturated rings. The summed E-state index contributed by atoms with van der Waals surface area (Å²) in [4.78, 5) is 11.8. The minimum absolute atomic E-state index is 0.133. The third-order valence-electron chi connectivity index (χ3n) is 3.44. The number of aryl methyl sites for hydroxylation is 2. The van der Waals surface area contributed by atoms with Gasteiger partial charge >= 0.3 is 0 Å². The lowest BCUT2D eigenvalue weighted by Gasteiger charge is -2.14. The van der Waals surface area contributed by atoms with Crippen LogP contribution in [0.2, 0.25) is 0 Å². The molecule has 19 heavy (non-hydrogen) atoms. The first-order valence-corrected chi connectivity index (χ1v) is 7.57. The molecule has 0 saturated carbocycles. The van der Waals surface area contributed by atoms with Crippen LogP contribution in [0, 0.1) is 12.8 Å². The molecule has 1 amide bonds. The van der Waals surface area contributed by atoms with Gasteiger partial charge in [-0.05, 0) is 31.2 Å². The molecule has 2 nitrogen and oxygen atoms in total. The predicted molar refractivity (Wildman–Crippen MR) is 81.6 cm³/mol. The van der Waals surface area contributed by atoms with Crippen LogP contribution in [0.5, 0.6) is 0 Å². The van der Waals surface area contributed by atoms with Gasteiger partial charge in [-0.2, -0.15) is 0 Å². The van der Waals surface area contributed by atoms with Gasteiger partial charge < -0.3 is 5.32 Å². The SMILES string of the molecule is CCC(CCCl)CNC(=O)CCc1ccc(C)cc1. The smallest absolute Gasteiger partial charge is 0.220 e. The van der Waals surface area contributed by atoms with E-state index in [9.17, 15) is 4.79 Å². The summed E-state index contributed by atoms with van der Waals surface area (Å²) in [6, 6.07) is 8.34. The highest BCUT2D eigenvalue weighted by molar-refractivity contribution is 6.17. The van der Waals surface area contributed by atoms with Crippen molar-refractivity contribution in [2.75, 3.05) is 12.4 Å². The Kier molecular flexibility index (Phi) is 7.57. The molecule has 106 valence electrons. The number of carbonyl (C=O) groups is 1. The monoisotopic (exact) mass is 281 g/mol. The van der Waals surface area contributed by atoms with Gasteiger partial charge in [0.25, 0.3) is 0 Å². The number of amides is 1. The number of nitrogens with one attached hydrogen (secondary N) is 1. The molecule has 0 bridgehead atoms. The topological polar surface area (TPSA) is 29.1 Å². The maximum atomic E-state index is 11.8. The van der Waals surface area contributed by atoms with Crippen molar-refractivity contribution in [1.82, 2.24) is 5.32 Å². The summed E-state index contributed by atoms with van der Waals surface area (Å²) >= 11 is 5.73. The predicted octanol–water partition coefficient (Wildman–Crippen LogP) is 3.70. The lowest BCUT2D eigenvalue weighted by Crippen LogP contribution is -2.29. The quantitative estimate of drug-likeness (QED) is 0.723. The fourth-order valence-electron chi connectivity index (χ4n) is 1.96. The molecule has 0 aliphatic rings. The van der Waals surface area contributed by atoms with Crippen LogP contribution in [0.25, 0.3) is 0 Å². The van der Waals surface area contributed by atoms with Gasteiger partial charge in [-0.1, -0.05) is 43.2 Å². The average Bonchev–Trinajstić information content (AvgIpc) is 2.42. The van der Waals surface area contributed by atoms with Gasteiger partial charge in [0.05, 0.1) is 0 Å². The van der Waals surface area contributed by atoms with E-state index >= 15 is 0 Å². The van der Waals surface area contributed by atoms with Crippen LogP contribution in [-0.4, -0.2) is 18.3 Å². The summed E-state index contributed by atoms with van der Waals surface area (Å²) in [5.41, 5.74) is 2.47. The van der Waals surface area contributed by atoms with Crippen LogP contribution < -0.4 is 5.32 Å². The molecule has 0 aliphatic carbocycles. The number of rotatable bonds is 8. The summed E-state index contributed by atoms with van der Waals surface area (Å²) in [6.45, 7) is 4.95. The maximum Gasteiger partial charge on any atom is 0.220 e. The molecule has 0 spiro atoms. The summed E-state index contributed by atoms with van der Waals surface area (Å²) in [5.74, 6) is 1.30. The van der Waals surface area contributed by atoms with E-state index in [-0.39, 0.29) is 5.91 Å². The van der Waals surface area contributed by atoms with Crippen molar-refractivity contribution in [3.05, 3.63) is 35.4 Å². The highest BCUT2D eigenvalue weighted by Crippen LogP contribution is 2.08. The average molecular weight is 282 g/mol. The number of hydrogen-bond donors (Lipinski definition) is 1. The van der Waals surface area contributed by atoms with Gasteiger partial charge in [0, 0.05) is 18.8 Å². The Hall–Kier alpha value is -1.02. The maximum absolute atomic E-state index is 11.8. The molecular formula is C16H24ClNO. The molecule has 0 aliphatic heterocycles. The van der Waals surface area contributed by atoms with Crippen molar-refractivity contribution < 1.29 is 4.79 Å². The normalized spacial score (nSPS) is 12.2. The van der Waals surface area contributed by atoms with Crippen LogP contribution in [-0.2, 0) is 11.2 Å². The van der Waals surface area contributed by atoms with Crippen molar-refractivity contribution in [3.63, 3.8) is 0 Å². The number of halogens is 1.